The molecule has 0 rings (SSSR count). The van der Waals surface area contributed by atoms with E-state index in [1.807, 2.05) is 27.2 Å². The molecule has 332 valence electrons. The number of aliphatic hydroxyl groups excluding tert-OH is 1. The summed E-state index contributed by atoms with van der Waals surface area (Å²) in [7, 11) is 1.22. The van der Waals surface area contributed by atoms with Crippen LogP contribution in [0.3, 0.4) is 0 Å². The maximum absolute atomic E-state index is 12.8. The van der Waals surface area contributed by atoms with Crippen molar-refractivity contribution in [3.8, 4) is 0 Å². The molecule has 0 heterocycles. The molecule has 0 aromatic carbocycles. The molecule has 57 heavy (non-hydrogen) atoms. The number of nitrogens with zero attached hydrogens (tertiary/aromatic N) is 1. The van der Waals surface area contributed by atoms with Crippen LogP contribution in [0.15, 0.2) is 60.8 Å². The third kappa shape index (κ3) is 42.1. The number of allylic oxidation sites excluding steroid dienone is 9. The SMILES string of the molecule is CC/C=C\C/C=C\C/C=C\CCCCCC(=O)NC(COP(=O)([O-])OCC[N+](C)(C)C)C(O)/C=C/CC/C=C/CCCCCCCCCCCCCCCCCC. The molecule has 9 heteroatoms. The number of likely N-dealkylation sites (N-methyl/N-ethyl adjacent to an activating group) is 1. The number of amides is 1. The molecule has 0 spiro atoms. The highest BCUT2D eigenvalue weighted by Crippen LogP contribution is 2.38. The van der Waals surface area contributed by atoms with Gasteiger partial charge in [-0.15, -0.1) is 0 Å². The van der Waals surface area contributed by atoms with Crippen LogP contribution in [0.2, 0.25) is 0 Å². The summed E-state index contributed by atoms with van der Waals surface area (Å²) in [6, 6.07) is -0.920. The van der Waals surface area contributed by atoms with Gasteiger partial charge in [0, 0.05) is 6.42 Å². The summed E-state index contributed by atoms with van der Waals surface area (Å²) < 4.78 is 23.2. The van der Waals surface area contributed by atoms with Crippen LogP contribution in [0.5, 0.6) is 0 Å². The van der Waals surface area contributed by atoms with Gasteiger partial charge < -0.3 is 28.8 Å². The highest BCUT2D eigenvalue weighted by atomic mass is 31.2. The van der Waals surface area contributed by atoms with E-state index in [1.165, 1.54) is 103 Å². The fourth-order valence-electron chi connectivity index (χ4n) is 6.30. The maximum atomic E-state index is 12.8. The number of phosphoric ester groups is 1. The van der Waals surface area contributed by atoms with Crippen molar-refractivity contribution >= 4 is 13.7 Å². The minimum atomic E-state index is -4.61. The first-order chi connectivity index (χ1) is 27.5. The summed E-state index contributed by atoms with van der Waals surface area (Å²) in [5.74, 6) is -0.238. The van der Waals surface area contributed by atoms with Gasteiger partial charge in [-0.1, -0.05) is 177 Å². The van der Waals surface area contributed by atoms with E-state index in [4.69, 9.17) is 9.05 Å². The van der Waals surface area contributed by atoms with Gasteiger partial charge in [-0.3, -0.25) is 9.36 Å². The Bertz CT molecular complexity index is 1110. The molecule has 0 aliphatic rings. The van der Waals surface area contributed by atoms with Crippen LogP contribution in [-0.4, -0.2) is 68.5 Å². The quantitative estimate of drug-likeness (QED) is 0.0275. The van der Waals surface area contributed by atoms with Gasteiger partial charge in [0.2, 0.25) is 5.91 Å². The lowest BCUT2D eigenvalue weighted by Gasteiger charge is -2.29. The Hall–Kier alpha value is -1.80. The van der Waals surface area contributed by atoms with E-state index >= 15 is 0 Å². The summed E-state index contributed by atoms with van der Waals surface area (Å²) in [5.41, 5.74) is 0. The van der Waals surface area contributed by atoms with Crippen molar-refractivity contribution < 1.29 is 32.9 Å². The smallest absolute Gasteiger partial charge is 0.268 e. The molecule has 0 bridgehead atoms. The first-order valence-electron chi connectivity index (χ1n) is 23.2. The van der Waals surface area contributed by atoms with Gasteiger partial charge in [0.1, 0.15) is 13.2 Å². The van der Waals surface area contributed by atoms with Gasteiger partial charge in [-0.2, -0.15) is 0 Å². The number of carbonyl (C=O) groups excluding carboxylic acids is 1. The second kappa shape index (κ2) is 39.6. The monoisotopic (exact) mass is 821 g/mol. The Morgan fingerprint density at radius 2 is 1.09 bits per heavy atom. The summed E-state index contributed by atoms with van der Waals surface area (Å²) in [6.45, 7) is 4.48. The van der Waals surface area contributed by atoms with E-state index in [1.54, 1.807) is 6.08 Å². The number of nitrogens with one attached hydrogen (secondary N) is 1. The van der Waals surface area contributed by atoms with Gasteiger partial charge in [0.25, 0.3) is 7.82 Å². The molecule has 0 radical (unpaired) electrons. The highest BCUT2D eigenvalue weighted by molar-refractivity contribution is 7.45. The fourth-order valence-corrected chi connectivity index (χ4v) is 7.02. The Morgan fingerprint density at radius 1 is 0.632 bits per heavy atom. The Balaban J connectivity index is 4.43. The Labute approximate surface area is 351 Å². The standard InChI is InChI=1S/C48H89N2O6P/c1-6-8-10-12-14-16-18-20-21-22-23-24-25-26-27-28-30-31-33-35-37-39-41-47(51)46(45-56-57(53,54)55-44-43-50(3,4)5)49-48(52)42-40-38-36-34-32-29-19-17-15-13-11-9-7-2/h9,11,15,17,29,31-33,39,41,46-47,51H,6-8,10,12-14,16,18-28,30,34-38,40,42-45H2,1-5H3,(H-,49,52,53,54)/b11-9-,17-15-,32-29-,33-31+,41-39+. The Kier molecular flexibility index (Phi) is 38.4. The minimum Gasteiger partial charge on any atom is -0.756 e. The van der Waals surface area contributed by atoms with E-state index in [0.29, 0.717) is 23.9 Å². The van der Waals surface area contributed by atoms with E-state index in [0.717, 1.165) is 57.8 Å². The zero-order chi connectivity index (χ0) is 42.1. The summed E-state index contributed by atoms with van der Waals surface area (Å²) in [4.78, 5) is 25.3. The molecule has 3 atom stereocenters. The number of aliphatic hydroxyl groups is 1. The lowest BCUT2D eigenvalue weighted by atomic mass is 10.0. The summed E-state index contributed by atoms with van der Waals surface area (Å²) in [5, 5.41) is 13.7. The first-order valence-corrected chi connectivity index (χ1v) is 24.6. The van der Waals surface area contributed by atoms with Gasteiger partial charge in [0.05, 0.1) is 39.9 Å². The number of rotatable bonds is 41. The van der Waals surface area contributed by atoms with Crippen molar-refractivity contribution in [2.75, 3.05) is 40.9 Å². The molecule has 8 nitrogen and oxygen atoms in total. The lowest BCUT2D eigenvalue weighted by Crippen LogP contribution is -2.45. The van der Waals surface area contributed by atoms with Crippen molar-refractivity contribution in [3.63, 3.8) is 0 Å². The van der Waals surface area contributed by atoms with Crippen LogP contribution in [-0.2, 0) is 18.4 Å². The number of hydrogen-bond donors (Lipinski definition) is 2. The molecular formula is C48H89N2O6P. The van der Waals surface area contributed by atoms with Crippen LogP contribution in [0.25, 0.3) is 0 Å². The molecule has 0 aromatic heterocycles. The molecule has 0 saturated carbocycles. The van der Waals surface area contributed by atoms with Crippen LogP contribution in [0, 0.1) is 0 Å². The largest absolute Gasteiger partial charge is 0.756 e. The highest BCUT2D eigenvalue weighted by Gasteiger charge is 2.23. The van der Waals surface area contributed by atoms with Crippen LogP contribution < -0.4 is 10.2 Å². The third-order valence-electron chi connectivity index (χ3n) is 9.96. The second-order valence-electron chi connectivity index (χ2n) is 16.7. The first kappa shape index (κ1) is 55.2. The molecule has 0 aromatic rings. The minimum absolute atomic E-state index is 0.0146. The number of carbonyl (C=O) groups is 1. The molecule has 1 amide bonds. The molecule has 0 saturated heterocycles. The summed E-state index contributed by atoms with van der Waals surface area (Å²) in [6.07, 6.45) is 51.4. The third-order valence-corrected chi connectivity index (χ3v) is 10.9. The number of quaternary nitrogens is 1. The van der Waals surface area contributed by atoms with Crippen LogP contribution in [0.4, 0.5) is 0 Å². The van der Waals surface area contributed by atoms with E-state index in [2.05, 4.69) is 67.8 Å². The second-order valence-corrected chi connectivity index (χ2v) is 18.1. The number of phosphoric acid groups is 1. The molecule has 2 N–H and O–H groups in total. The van der Waals surface area contributed by atoms with Gasteiger partial charge in [-0.05, 0) is 64.2 Å². The summed E-state index contributed by atoms with van der Waals surface area (Å²) >= 11 is 0. The van der Waals surface area contributed by atoms with Gasteiger partial charge in [0.15, 0.2) is 0 Å². The lowest BCUT2D eigenvalue weighted by molar-refractivity contribution is -0.870. The molecular weight excluding hydrogens is 732 g/mol. The molecule has 3 unspecified atom stereocenters. The van der Waals surface area contributed by atoms with E-state index in [9.17, 15) is 19.4 Å². The van der Waals surface area contributed by atoms with Crippen molar-refractivity contribution in [3.05, 3.63) is 60.8 Å². The van der Waals surface area contributed by atoms with Crippen molar-refractivity contribution in [2.45, 2.75) is 199 Å². The van der Waals surface area contributed by atoms with E-state index in [-0.39, 0.29) is 12.5 Å². The predicted molar refractivity (Wildman–Crippen MR) is 242 cm³/mol. The van der Waals surface area contributed by atoms with Gasteiger partial charge in [-0.25, -0.2) is 0 Å². The van der Waals surface area contributed by atoms with Crippen LogP contribution in [0.1, 0.15) is 187 Å². The molecule has 0 fully saturated rings. The number of hydrogen-bond acceptors (Lipinski definition) is 6. The average Bonchev–Trinajstić information content (AvgIpc) is 3.16. The topological polar surface area (TPSA) is 108 Å². The van der Waals surface area contributed by atoms with E-state index < -0.39 is 26.6 Å². The zero-order valence-corrected chi connectivity index (χ0v) is 38.4. The average molecular weight is 821 g/mol. The van der Waals surface area contributed by atoms with Crippen molar-refractivity contribution in [1.29, 1.82) is 0 Å². The maximum Gasteiger partial charge on any atom is 0.268 e. The number of unbranched alkanes of at least 4 members (excludes halogenated alkanes) is 20. The molecule has 0 aliphatic heterocycles. The zero-order valence-electron chi connectivity index (χ0n) is 37.5. The predicted octanol–water partition coefficient (Wildman–Crippen LogP) is 12.4. The molecule has 0 aliphatic carbocycles. The Morgan fingerprint density at radius 3 is 1.63 bits per heavy atom. The van der Waals surface area contributed by atoms with Crippen LogP contribution >= 0.6 is 7.82 Å². The van der Waals surface area contributed by atoms with Crippen molar-refractivity contribution in [2.24, 2.45) is 0 Å². The van der Waals surface area contributed by atoms with Gasteiger partial charge >= 0.3 is 0 Å². The van der Waals surface area contributed by atoms with Crippen molar-refractivity contribution in [1.82, 2.24) is 5.32 Å². The normalized spacial score (nSPS) is 14.9. The fraction of sp³-hybridized carbons (Fsp3) is 0.771.